The fourth-order valence-electron chi connectivity index (χ4n) is 3.52. The first-order valence-corrected chi connectivity index (χ1v) is 10.5. The Balaban J connectivity index is 0.00000625. The minimum Gasteiger partial charge on any atom is -1.00 e. The van der Waals surface area contributed by atoms with Crippen molar-refractivity contribution in [3.63, 3.8) is 0 Å². The number of unbranched alkanes of at least 4 members (excludes halogenated alkanes) is 9. The third kappa shape index (κ3) is 10.1. The Morgan fingerprint density at radius 3 is 1.77 bits per heavy atom. The highest BCUT2D eigenvalue weighted by molar-refractivity contribution is 5.18. The molecular weight excluding hydrogens is 386 g/mol. The molecule has 152 valence electrons. The van der Waals surface area contributed by atoms with Crippen LogP contribution in [-0.2, 0) is 0 Å². The van der Waals surface area contributed by atoms with Crippen molar-refractivity contribution in [1.82, 2.24) is 0 Å². The highest BCUT2D eigenvalue weighted by Gasteiger charge is 2.30. The lowest BCUT2D eigenvalue weighted by molar-refractivity contribution is -0.917. The Kier molecular flexibility index (Phi) is 14.4. The topological polar surface area (TPSA) is 20.2 Å². The van der Waals surface area contributed by atoms with Crippen LogP contribution >= 0.6 is 0 Å². The Bertz CT molecular complexity index is 435. The van der Waals surface area contributed by atoms with Gasteiger partial charge in [-0.25, -0.2) is 0 Å². The minimum absolute atomic E-state index is 0. The summed E-state index contributed by atoms with van der Waals surface area (Å²) in [7, 11) is 4.51. The maximum atomic E-state index is 10.7. The first kappa shape index (κ1) is 25.6. The number of nitrogens with zero attached hydrogens (tertiary/aromatic N) is 1. The van der Waals surface area contributed by atoms with Crippen LogP contribution in [0.15, 0.2) is 30.3 Å². The highest BCUT2D eigenvalue weighted by atomic mass is 79.9. The SMILES string of the molecule is CCCCCCCCCCCC[N+](C)(C)C(C)C(O)c1ccccc1.[Br-]. The molecule has 0 saturated carbocycles. The van der Waals surface area contributed by atoms with E-state index in [-0.39, 0.29) is 29.1 Å². The highest BCUT2D eigenvalue weighted by Crippen LogP contribution is 2.24. The number of aliphatic hydroxyl groups is 1. The van der Waals surface area contributed by atoms with E-state index < -0.39 is 0 Å². The zero-order valence-corrected chi connectivity index (χ0v) is 19.2. The second-order valence-corrected chi connectivity index (χ2v) is 8.28. The quantitative estimate of drug-likeness (QED) is 0.357. The largest absolute Gasteiger partial charge is 1.00 e. The van der Waals surface area contributed by atoms with Crippen molar-refractivity contribution < 1.29 is 26.6 Å². The van der Waals surface area contributed by atoms with Crippen molar-refractivity contribution in [3.8, 4) is 0 Å². The number of hydrogen-bond acceptors (Lipinski definition) is 1. The van der Waals surface area contributed by atoms with Gasteiger partial charge in [0, 0.05) is 0 Å². The van der Waals surface area contributed by atoms with Gasteiger partial charge in [0.2, 0.25) is 0 Å². The molecule has 1 aromatic carbocycles. The van der Waals surface area contributed by atoms with Gasteiger partial charge in [-0.2, -0.15) is 0 Å². The zero-order chi connectivity index (χ0) is 18.5. The van der Waals surface area contributed by atoms with Gasteiger partial charge in [0.1, 0.15) is 12.1 Å². The minimum atomic E-state index is -0.390. The molecule has 2 nitrogen and oxygen atoms in total. The Morgan fingerprint density at radius 2 is 1.27 bits per heavy atom. The van der Waals surface area contributed by atoms with Gasteiger partial charge in [-0.1, -0.05) is 88.6 Å². The first-order chi connectivity index (χ1) is 12.0. The molecule has 1 rings (SSSR count). The predicted molar refractivity (Wildman–Crippen MR) is 110 cm³/mol. The van der Waals surface area contributed by atoms with Gasteiger partial charge in [0.15, 0.2) is 0 Å². The van der Waals surface area contributed by atoms with E-state index in [0.29, 0.717) is 0 Å². The van der Waals surface area contributed by atoms with Crippen LogP contribution in [0, 0.1) is 0 Å². The third-order valence-electron chi connectivity index (χ3n) is 5.79. The van der Waals surface area contributed by atoms with Crippen molar-refractivity contribution in [2.75, 3.05) is 20.6 Å². The van der Waals surface area contributed by atoms with Crippen LogP contribution in [0.5, 0.6) is 0 Å². The van der Waals surface area contributed by atoms with Gasteiger partial charge >= 0.3 is 0 Å². The summed E-state index contributed by atoms with van der Waals surface area (Å²) in [5.41, 5.74) is 1.03. The van der Waals surface area contributed by atoms with E-state index in [2.05, 4.69) is 27.9 Å². The number of halogens is 1. The molecule has 0 heterocycles. The van der Waals surface area contributed by atoms with Gasteiger partial charge in [-0.05, 0) is 25.3 Å². The van der Waals surface area contributed by atoms with Crippen LogP contribution in [0.2, 0.25) is 0 Å². The fourth-order valence-corrected chi connectivity index (χ4v) is 3.52. The summed E-state index contributed by atoms with van der Waals surface area (Å²) in [5, 5.41) is 10.7. The summed E-state index contributed by atoms with van der Waals surface area (Å²) in [6, 6.07) is 10.3. The molecule has 0 spiro atoms. The number of benzene rings is 1. The third-order valence-corrected chi connectivity index (χ3v) is 5.79. The van der Waals surface area contributed by atoms with Crippen LogP contribution in [0.4, 0.5) is 0 Å². The van der Waals surface area contributed by atoms with E-state index in [9.17, 15) is 5.11 Å². The predicted octanol–water partition coefficient (Wildman–Crippen LogP) is 3.11. The molecule has 0 aliphatic heterocycles. The monoisotopic (exact) mass is 427 g/mol. The molecule has 3 heteroatoms. The molecule has 0 fully saturated rings. The molecule has 2 unspecified atom stereocenters. The molecule has 0 radical (unpaired) electrons. The molecule has 0 saturated heterocycles. The number of rotatable bonds is 14. The molecule has 0 aliphatic rings. The van der Waals surface area contributed by atoms with Crippen LogP contribution < -0.4 is 17.0 Å². The molecule has 1 aromatic rings. The summed E-state index contributed by atoms with van der Waals surface area (Å²) >= 11 is 0. The van der Waals surface area contributed by atoms with Crippen LogP contribution in [0.25, 0.3) is 0 Å². The Hall–Kier alpha value is -0.380. The van der Waals surface area contributed by atoms with Crippen LogP contribution in [-0.4, -0.2) is 36.3 Å². The van der Waals surface area contributed by atoms with Crippen LogP contribution in [0.3, 0.4) is 0 Å². The van der Waals surface area contributed by atoms with Crippen molar-refractivity contribution in [2.24, 2.45) is 0 Å². The van der Waals surface area contributed by atoms with Crippen molar-refractivity contribution >= 4 is 0 Å². The summed E-state index contributed by atoms with van der Waals surface area (Å²) in [4.78, 5) is 0. The van der Waals surface area contributed by atoms with E-state index in [1.807, 2.05) is 30.3 Å². The zero-order valence-electron chi connectivity index (χ0n) is 17.6. The van der Waals surface area contributed by atoms with Gasteiger partial charge in [-0.15, -0.1) is 0 Å². The second kappa shape index (κ2) is 14.6. The summed E-state index contributed by atoms with van der Waals surface area (Å²) in [6.45, 7) is 5.59. The smallest absolute Gasteiger partial charge is 0.130 e. The lowest BCUT2D eigenvalue weighted by Gasteiger charge is -2.38. The van der Waals surface area contributed by atoms with Gasteiger partial charge in [-0.3, -0.25) is 0 Å². The second-order valence-electron chi connectivity index (χ2n) is 8.28. The van der Waals surface area contributed by atoms with E-state index >= 15 is 0 Å². The van der Waals surface area contributed by atoms with Crippen molar-refractivity contribution in [1.29, 1.82) is 0 Å². The number of likely N-dealkylation sites (N-methyl/N-ethyl adjacent to an activating group) is 1. The van der Waals surface area contributed by atoms with Crippen molar-refractivity contribution in [2.45, 2.75) is 90.2 Å². The number of quaternary nitrogens is 1. The standard InChI is InChI=1S/C23H42NO.BrH/c1-5-6-7-8-9-10-11-12-13-17-20-24(3,4)21(2)23(25)22-18-15-14-16-19-22;/h14-16,18-19,21,23,25H,5-13,17,20H2,1-4H3;1H/q+1;/p-1. The Morgan fingerprint density at radius 1 is 0.808 bits per heavy atom. The average Bonchev–Trinajstić information content (AvgIpc) is 2.62. The van der Waals surface area contributed by atoms with E-state index in [1.54, 1.807) is 0 Å². The Labute approximate surface area is 173 Å². The van der Waals surface area contributed by atoms with E-state index in [4.69, 9.17) is 0 Å². The maximum Gasteiger partial charge on any atom is 0.130 e. The van der Waals surface area contributed by atoms with Crippen molar-refractivity contribution in [3.05, 3.63) is 35.9 Å². The molecular formula is C23H42BrNO. The molecule has 1 N–H and O–H groups in total. The van der Waals surface area contributed by atoms with E-state index in [0.717, 1.165) is 16.6 Å². The normalized spacial score (nSPS) is 13.9. The van der Waals surface area contributed by atoms with Crippen LogP contribution in [0.1, 0.15) is 89.7 Å². The molecule has 0 bridgehead atoms. The number of hydrogen-bond donors (Lipinski definition) is 1. The van der Waals surface area contributed by atoms with Gasteiger partial charge < -0.3 is 26.6 Å². The lowest BCUT2D eigenvalue weighted by atomic mass is 10.0. The summed E-state index contributed by atoms with van der Waals surface area (Å²) in [6.07, 6.45) is 13.4. The average molecular weight is 428 g/mol. The molecule has 0 amide bonds. The molecule has 2 atom stereocenters. The fraction of sp³-hybridized carbons (Fsp3) is 0.739. The van der Waals surface area contributed by atoms with Gasteiger partial charge in [0.05, 0.1) is 20.6 Å². The lowest BCUT2D eigenvalue weighted by Crippen LogP contribution is -3.00. The molecule has 0 aromatic heterocycles. The molecule has 0 aliphatic carbocycles. The first-order valence-electron chi connectivity index (χ1n) is 10.5. The van der Waals surface area contributed by atoms with Gasteiger partial charge in [0.25, 0.3) is 0 Å². The molecule has 26 heavy (non-hydrogen) atoms. The number of aliphatic hydroxyl groups excluding tert-OH is 1. The summed E-state index contributed by atoms with van der Waals surface area (Å²) in [5.74, 6) is 0. The van der Waals surface area contributed by atoms with E-state index in [1.165, 1.54) is 64.2 Å². The maximum absolute atomic E-state index is 10.7. The summed E-state index contributed by atoms with van der Waals surface area (Å²) < 4.78 is 0.882.